The zero-order valence-electron chi connectivity index (χ0n) is 11.7. The molecule has 0 aliphatic heterocycles. The summed E-state index contributed by atoms with van der Waals surface area (Å²) in [4.78, 5) is 19.2. The Labute approximate surface area is 117 Å². The SMILES string of the molecule is CC(C)(C)OC(=O)NCCNc1ncc(C#N)c(N)n1. The van der Waals surface area contributed by atoms with Gasteiger partial charge in [-0.3, -0.25) is 0 Å². The number of nitriles is 1. The van der Waals surface area contributed by atoms with E-state index in [4.69, 9.17) is 15.7 Å². The van der Waals surface area contributed by atoms with Crippen molar-refractivity contribution in [2.24, 2.45) is 0 Å². The number of nitrogen functional groups attached to an aromatic ring is 1. The average Bonchev–Trinajstić information content (AvgIpc) is 2.33. The van der Waals surface area contributed by atoms with Crippen LogP contribution in [0.1, 0.15) is 26.3 Å². The van der Waals surface area contributed by atoms with Gasteiger partial charge >= 0.3 is 6.09 Å². The van der Waals surface area contributed by atoms with Crippen molar-refractivity contribution >= 4 is 17.9 Å². The van der Waals surface area contributed by atoms with Crippen molar-refractivity contribution < 1.29 is 9.53 Å². The fourth-order valence-electron chi connectivity index (χ4n) is 1.22. The van der Waals surface area contributed by atoms with E-state index in [-0.39, 0.29) is 11.4 Å². The molecule has 8 nitrogen and oxygen atoms in total. The van der Waals surface area contributed by atoms with Crippen LogP contribution in [-0.4, -0.2) is 34.8 Å². The van der Waals surface area contributed by atoms with E-state index in [0.29, 0.717) is 19.0 Å². The van der Waals surface area contributed by atoms with Crippen LogP contribution in [0.4, 0.5) is 16.6 Å². The van der Waals surface area contributed by atoms with Gasteiger partial charge in [-0.15, -0.1) is 0 Å². The van der Waals surface area contributed by atoms with Gasteiger partial charge in [-0.1, -0.05) is 0 Å². The standard InChI is InChI=1S/C12H18N6O2/c1-12(2,3)20-11(19)16-5-4-15-10-17-7-8(6-13)9(14)18-10/h7H,4-5H2,1-3H3,(H,16,19)(H3,14,15,17,18). The third-order valence-electron chi connectivity index (χ3n) is 2.02. The van der Waals surface area contributed by atoms with Gasteiger partial charge in [0.1, 0.15) is 23.1 Å². The van der Waals surface area contributed by atoms with E-state index in [1.54, 1.807) is 20.8 Å². The van der Waals surface area contributed by atoms with Crippen molar-refractivity contribution in [3.63, 3.8) is 0 Å². The molecule has 0 aromatic carbocycles. The Morgan fingerprint density at radius 2 is 2.20 bits per heavy atom. The maximum absolute atomic E-state index is 11.4. The van der Waals surface area contributed by atoms with Crippen molar-refractivity contribution in [3.8, 4) is 6.07 Å². The van der Waals surface area contributed by atoms with E-state index in [9.17, 15) is 4.79 Å². The van der Waals surface area contributed by atoms with Gasteiger partial charge < -0.3 is 21.1 Å². The minimum atomic E-state index is -0.526. The number of hydrogen-bond donors (Lipinski definition) is 3. The molecule has 108 valence electrons. The number of carbonyl (C=O) groups is 1. The lowest BCUT2D eigenvalue weighted by Crippen LogP contribution is -2.35. The first kappa shape index (κ1) is 15.5. The van der Waals surface area contributed by atoms with Crippen LogP contribution in [0.5, 0.6) is 0 Å². The molecule has 1 heterocycles. The second-order valence-corrected chi connectivity index (χ2v) is 4.96. The number of amides is 1. The molecule has 1 amide bonds. The van der Waals surface area contributed by atoms with Crippen molar-refractivity contribution in [2.45, 2.75) is 26.4 Å². The summed E-state index contributed by atoms with van der Waals surface area (Å²) in [6.07, 6.45) is 0.853. The van der Waals surface area contributed by atoms with Crippen molar-refractivity contribution in [2.75, 3.05) is 24.1 Å². The number of carbonyl (C=O) groups excluding carboxylic acids is 1. The summed E-state index contributed by atoms with van der Waals surface area (Å²) in [5.74, 6) is 0.414. The Balaban J connectivity index is 2.33. The van der Waals surface area contributed by atoms with Crippen LogP contribution in [0.2, 0.25) is 0 Å². The summed E-state index contributed by atoms with van der Waals surface area (Å²) < 4.78 is 5.07. The first-order valence-corrected chi connectivity index (χ1v) is 6.05. The topological polar surface area (TPSA) is 126 Å². The van der Waals surface area contributed by atoms with E-state index < -0.39 is 11.7 Å². The third kappa shape index (κ3) is 5.39. The maximum atomic E-state index is 11.4. The Morgan fingerprint density at radius 3 is 2.75 bits per heavy atom. The lowest BCUT2D eigenvalue weighted by molar-refractivity contribution is 0.0530. The number of ether oxygens (including phenoxy) is 1. The largest absolute Gasteiger partial charge is 0.444 e. The lowest BCUT2D eigenvalue weighted by Gasteiger charge is -2.19. The molecule has 0 saturated carbocycles. The Bertz CT molecular complexity index is 518. The number of nitrogens with zero attached hydrogens (tertiary/aromatic N) is 3. The molecule has 1 aromatic rings. The van der Waals surface area contributed by atoms with Crippen molar-refractivity contribution in [1.82, 2.24) is 15.3 Å². The van der Waals surface area contributed by atoms with Gasteiger partial charge in [0, 0.05) is 13.1 Å². The zero-order chi connectivity index (χ0) is 15.2. The van der Waals surface area contributed by atoms with Crippen LogP contribution in [0.3, 0.4) is 0 Å². The van der Waals surface area contributed by atoms with Crippen LogP contribution in [0.15, 0.2) is 6.20 Å². The minimum Gasteiger partial charge on any atom is -0.444 e. The Morgan fingerprint density at radius 1 is 1.50 bits per heavy atom. The van der Waals surface area contributed by atoms with Gasteiger partial charge in [-0.05, 0) is 20.8 Å². The number of aromatic nitrogens is 2. The Kier molecular flexibility index (Phi) is 5.08. The molecule has 0 saturated heterocycles. The second kappa shape index (κ2) is 6.56. The van der Waals surface area contributed by atoms with Gasteiger partial charge in [0.2, 0.25) is 5.95 Å². The molecule has 0 fully saturated rings. The smallest absolute Gasteiger partial charge is 0.407 e. The molecule has 0 aliphatic rings. The molecule has 1 aromatic heterocycles. The minimum absolute atomic E-state index is 0.116. The summed E-state index contributed by atoms with van der Waals surface area (Å²) in [5.41, 5.74) is 5.25. The predicted molar refractivity (Wildman–Crippen MR) is 73.9 cm³/mol. The highest BCUT2D eigenvalue weighted by molar-refractivity contribution is 5.67. The van der Waals surface area contributed by atoms with E-state index in [1.165, 1.54) is 6.20 Å². The molecule has 8 heteroatoms. The fraction of sp³-hybridized carbons (Fsp3) is 0.500. The number of alkyl carbamates (subject to hydrolysis) is 1. The highest BCUT2D eigenvalue weighted by Crippen LogP contribution is 2.08. The van der Waals surface area contributed by atoms with Crippen LogP contribution in [0, 0.1) is 11.3 Å². The van der Waals surface area contributed by atoms with E-state index in [2.05, 4.69) is 20.6 Å². The summed E-state index contributed by atoms with van der Waals surface area (Å²) in [6, 6.07) is 1.88. The molecule has 0 bridgehead atoms. The van der Waals surface area contributed by atoms with Crippen LogP contribution in [0.25, 0.3) is 0 Å². The summed E-state index contributed by atoms with van der Waals surface area (Å²) in [6.45, 7) is 6.12. The Hall–Kier alpha value is -2.56. The lowest BCUT2D eigenvalue weighted by atomic mass is 10.2. The van der Waals surface area contributed by atoms with Crippen LogP contribution in [-0.2, 0) is 4.74 Å². The average molecular weight is 278 g/mol. The zero-order valence-corrected chi connectivity index (χ0v) is 11.7. The molecule has 0 aliphatic carbocycles. The van der Waals surface area contributed by atoms with Gasteiger partial charge in [-0.25, -0.2) is 9.78 Å². The quantitative estimate of drug-likeness (QED) is 0.697. The molecular weight excluding hydrogens is 260 g/mol. The molecule has 1 rings (SSSR count). The molecule has 0 radical (unpaired) electrons. The number of hydrogen-bond acceptors (Lipinski definition) is 7. The molecule has 20 heavy (non-hydrogen) atoms. The van der Waals surface area contributed by atoms with Crippen LogP contribution >= 0.6 is 0 Å². The summed E-state index contributed by atoms with van der Waals surface area (Å²) >= 11 is 0. The van der Waals surface area contributed by atoms with Gasteiger partial charge in [0.15, 0.2) is 0 Å². The van der Waals surface area contributed by atoms with Crippen LogP contribution < -0.4 is 16.4 Å². The number of nitrogens with two attached hydrogens (primary N) is 1. The first-order chi connectivity index (χ1) is 9.31. The van der Waals surface area contributed by atoms with Gasteiger partial charge in [0.25, 0.3) is 0 Å². The van der Waals surface area contributed by atoms with Crippen molar-refractivity contribution in [1.29, 1.82) is 5.26 Å². The fourth-order valence-corrected chi connectivity index (χ4v) is 1.22. The predicted octanol–water partition coefficient (Wildman–Crippen LogP) is 0.867. The second-order valence-electron chi connectivity index (χ2n) is 4.96. The summed E-state index contributed by atoms with van der Waals surface area (Å²) in [7, 11) is 0. The highest BCUT2D eigenvalue weighted by Gasteiger charge is 2.15. The number of rotatable bonds is 4. The first-order valence-electron chi connectivity index (χ1n) is 6.05. The van der Waals surface area contributed by atoms with E-state index in [1.807, 2.05) is 6.07 Å². The normalized spacial score (nSPS) is 10.5. The summed E-state index contributed by atoms with van der Waals surface area (Å²) in [5, 5.41) is 14.1. The van der Waals surface area contributed by atoms with E-state index in [0.717, 1.165) is 0 Å². The number of nitrogens with one attached hydrogen (secondary N) is 2. The maximum Gasteiger partial charge on any atom is 0.407 e. The third-order valence-corrected chi connectivity index (χ3v) is 2.02. The van der Waals surface area contributed by atoms with Gasteiger partial charge in [0.05, 0.1) is 6.20 Å². The molecule has 0 atom stereocenters. The van der Waals surface area contributed by atoms with Gasteiger partial charge in [-0.2, -0.15) is 10.2 Å². The molecule has 4 N–H and O–H groups in total. The van der Waals surface area contributed by atoms with E-state index >= 15 is 0 Å². The molecule has 0 unspecified atom stereocenters. The monoisotopic (exact) mass is 278 g/mol. The highest BCUT2D eigenvalue weighted by atomic mass is 16.6. The molecule has 0 spiro atoms. The molecular formula is C12H18N6O2. The number of anilines is 2. The van der Waals surface area contributed by atoms with Crippen molar-refractivity contribution in [3.05, 3.63) is 11.8 Å².